The molecule has 0 atom stereocenters. The molecule has 29 heavy (non-hydrogen) atoms. The van der Waals surface area contributed by atoms with E-state index in [1.54, 1.807) is 12.2 Å². The number of allylic oxidation sites excluding steroid dienone is 2. The van der Waals surface area contributed by atoms with Crippen LogP contribution in [-0.2, 0) is 9.59 Å². The summed E-state index contributed by atoms with van der Waals surface area (Å²) >= 11 is 0. The first-order chi connectivity index (χ1) is 14.1. The van der Waals surface area contributed by atoms with E-state index < -0.39 is 0 Å². The van der Waals surface area contributed by atoms with Crippen LogP contribution in [0.25, 0.3) is 0 Å². The van der Waals surface area contributed by atoms with Crippen molar-refractivity contribution in [2.75, 3.05) is 32.7 Å². The van der Waals surface area contributed by atoms with Crippen LogP contribution in [0, 0.1) is 0 Å². The maximum absolute atomic E-state index is 11.7. The van der Waals surface area contributed by atoms with Crippen LogP contribution in [0.2, 0.25) is 0 Å². The number of nitrogens with zero attached hydrogens (tertiary/aromatic N) is 1. The van der Waals surface area contributed by atoms with E-state index in [9.17, 15) is 9.59 Å². The van der Waals surface area contributed by atoms with Gasteiger partial charge in [0.15, 0.2) is 0 Å². The van der Waals surface area contributed by atoms with Gasteiger partial charge in [-0.15, -0.1) is 0 Å². The standard InChI is InChI=1S/C24H45N3O2/c1-4-7-9-11-13-17-23(28)25-19-15-21-27(6-3)22-16-20-26-24(29)18-14-12-10-8-5-2/h13-14,17-18H,4-12,15-16,19-22H2,1-3H3,(H,25,28)(H,26,29)/b17-13+,18-14+. The van der Waals surface area contributed by atoms with Crippen molar-refractivity contribution in [3.63, 3.8) is 0 Å². The predicted molar refractivity (Wildman–Crippen MR) is 124 cm³/mol. The maximum atomic E-state index is 11.7. The lowest BCUT2D eigenvalue weighted by molar-refractivity contribution is -0.117. The second kappa shape index (κ2) is 21.1. The average Bonchev–Trinajstić information content (AvgIpc) is 2.72. The second-order valence-corrected chi connectivity index (χ2v) is 7.52. The highest BCUT2D eigenvalue weighted by molar-refractivity contribution is 5.87. The van der Waals surface area contributed by atoms with Gasteiger partial charge >= 0.3 is 0 Å². The van der Waals surface area contributed by atoms with Crippen LogP contribution >= 0.6 is 0 Å². The van der Waals surface area contributed by atoms with Crippen LogP contribution in [0.1, 0.15) is 85.0 Å². The predicted octanol–water partition coefficient (Wildman–Crippen LogP) is 4.59. The fraction of sp³-hybridized carbons (Fsp3) is 0.750. The average molecular weight is 408 g/mol. The Morgan fingerprint density at radius 2 is 1.14 bits per heavy atom. The van der Waals surface area contributed by atoms with Gasteiger partial charge in [-0.3, -0.25) is 9.59 Å². The Morgan fingerprint density at radius 3 is 1.52 bits per heavy atom. The zero-order valence-electron chi connectivity index (χ0n) is 19.2. The largest absolute Gasteiger partial charge is 0.353 e. The monoisotopic (exact) mass is 407 g/mol. The first kappa shape index (κ1) is 27.4. The molecule has 0 saturated carbocycles. The van der Waals surface area contributed by atoms with E-state index in [0.29, 0.717) is 13.1 Å². The van der Waals surface area contributed by atoms with Gasteiger partial charge in [0.1, 0.15) is 0 Å². The Bertz CT molecular complexity index is 421. The van der Waals surface area contributed by atoms with E-state index in [0.717, 1.165) is 58.2 Å². The summed E-state index contributed by atoms with van der Waals surface area (Å²) in [4.78, 5) is 25.8. The van der Waals surface area contributed by atoms with Gasteiger partial charge in [0.05, 0.1) is 0 Å². The van der Waals surface area contributed by atoms with Crippen LogP contribution in [0.5, 0.6) is 0 Å². The third-order valence-electron chi connectivity index (χ3n) is 4.84. The Balaban J connectivity index is 3.71. The molecule has 2 N–H and O–H groups in total. The van der Waals surface area contributed by atoms with Gasteiger partial charge in [0, 0.05) is 13.1 Å². The minimum Gasteiger partial charge on any atom is -0.353 e. The van der Waals surface area contributed by atoms with Crippen molar-refractivity contribution in [3.8, 4) is 0 Å². The number of hydrogen-bond donors (Lipinski definition) is 2. The Kier molecular flexibility index (Phi) is 19.9. The molecule has 5 nitrogen and oxygen atoms in total. The molecule has 0 fully saturated rings. The highest BCUT2D eigenvalue weighted by Gasteiger charge is 2.03. The van der Waals surface area contributed by atoms with Crippen LogP contribution in [0.3, 0.4) is 0 Å². The molecule has 5 heteroatoms. The third-order valence-corrected chi connectivity index (χ3v) is 4.84. The number of carbonyl (C=O) groups is 2. The van der Waals surface area contributed by atoms with E-state index in [1.165, 1.54) is 25.7 Å². The van der Waals surface area contributed by atoms with E-state index in [4.69, 9.17) is 0 Å². The molecule has 0 rings (SSSR count). The normalized spacial score (nSPS) is 11.6. The van der Waals surface area contributed by atoms with Gasteiger partial charge in [0.2, 0.25) is 11.8 Å². The molecule has 0 aliphatic carbocycles. The Labute approximate surface area is 179 Å². The summed E-state index contributed by atoms with van der Waals surface area (Å²) < 4.78 is 0. The molecule has 0 aromatic heterocycles. The lowest BCUT2D eigenvalue weighted by atomic mass is 10.2. The van der Waals surface area contributed by atoms with Gasteiger partial charge in [0.25, 0.3) is 0 Å². The lowest BCUT2D eigenvalue weighted by Gasteiger charge is -2.20. The lowest BCUT2D eigenvalue weighted by Crippen LogP contribution is -2.32. The first-order valence-electron chi connectivity index (χ1n) is 11.7. The summed E-state index contributed by atoms with van der Waals surface area (Å²) in [5, 5.41) is 5.90. The van der Waals surface area contributed by atoms with Crippen molar-refractivity contribution in [1.29, 1.82) is 0 Å². The van der Waals surface area contributed by atoms with Gasteiger partial charge in [-0.1, -0.05) is 58.6 Å². The molecule has 0 heterocycles. The summed E-state index contributed by atoms with van der Waals surface area (Å²) in [6.45, 7) is 10.8. The number of nitrogens with one attached hydrogen (secondary N) is 2. The fourth-order valence-electron chi connectivity index (χ4n) is 2.98. The maximum Gasteiger partial charge on any atom is 0.243 e. The number of rotatable bonds is 19. The molecule has 0 radical (unpaired) electrons. The molecule has 168 valence electrons. The minimum atomic E-state index is 0.00927. The van der Waals surface area contributed by atoms with Crippen LogP contribution in [-0.4, -0.2) is 49.4 Å². The highest BCUT2D eigenvalue weighted by atomic mass is 16.2. The summed E-state index contributed by atoms with van der Waals surface area (Å²) in [6.07, 6.45) is 18.3. The van der Waals surface area contributed by atoms with Crippen molar-refractivity contribution in [3.05, 3.63) is 24.3 Å². The smallest absolute Gasteiger partial charge is 0.243 e. The van der Waals surface area contributed by atoms with Crippen molar-refractivity contribution in [2.24, 2.45) is 0 Å². The summed E-state index contributed by atoms with van der Waals surface area (Å²) in [7, 11) is 0. The molecule has 2 amide bonds. The van der Waals surface area contributed by atoms with Crippen LogP contribution < -0.4 is 10.6 Å². The first-order valence-corrected chi connectivity index (χ1v) is 11.7. The van der Waals surface area contributed by atoms with E-state index in [1.807, 2.05) is 12.2 Å². The summed E-state index contributed by atoms with van der Waals surface area (Å²) in [6, 6.07) is 0. The number of hydrogen-bond acceptors (Lipinski definition) is 3. The molecule has 0 saturated heterocycles. The second-order valence-electron chi connectivity index (χ2n) is 7.52. The van der Waals surface area contributed by atoms with Gasteiger partial charge in [-0.05, 0) is 70.3 Å². The molecule has 0 aromatic carbocycles. The molecule has 0 unspecified atom stereocenters. The van der Waals surface area contributed by atoms with Crippen molar-refractivity contribution in [1.82, 2.24) is 15.5 Å². The molecular formula is C24H45N3O2. The highest BCUT2D eigenvalue weighted by Crippen LogP contribution is 2.00. The molecular weight excluding hydrogens is 362 g/mol. The van der Waals surface area contributed by atoms with Crippen molar-refractivity contribution >= 4 is 11.8 Å². The minimum absolute atomic E-state index is 0.00927. The van der Waals surface area contributed by atoms with E-state index in [2.05, 4.69) is 36.3 Å². The zero-order valence-corrected chi connectivity index (χ0v) is 19.2. The molecule has 0 aliphatic heterocycles. The third kappa shape index (κ3) is 19.5. The van der Waals surface area contributed by atoms with Crippen LogP contribution in [0.4, 0.5) is 0 Å². The molecule has 0 aromatic rings. The van der Waals surface area contributed by atoms with E-state index >= 15 is 0 Å². The van der Waals surface area contributed by atoms with Crippen molar-refractivity contribution < 1.29 is 9.59 Å². The SMILES string of the molecule is CCCCC/C=C/C(=O)NCCCN(CC)CCCNC(=O)/C=C/CCCCC. The quantitative estimate of drug-likeness (QED) is 0.243. The molecule has 0 bridgehead atoms. The van der Waals surface area contributed by atoms with E-state index in [-0.39, 0.29) is 11.8 Å². The summed E-state index contributed by atoms with van der Waals surface area (Å²) in [5.41, 5.74) is 0. The van der Waals surface area contributed by atoms with Crippen LogP contribution in [0.15, 0.2) is 24.3 Å². The van der Waals surface area contributed by atoms with Gasteiger partial charge < -0.3 is 15.5 Å². The van der Waals surface area contributed by atoms with Gasteiger partial charge in [-0.25, -0.2) is 0 Å². The van der Waals surface area contributed by atoms with Gasteiger partial charge in [-0.2, -0.15) is 0 Å². The fourth-order valence-corrected chi connectivity index (χ4v) is 2.98. The molecule has 0 aliphatic rings. The summed E-state index contributed by atoms with van der Waals surface area (Å²) in [5.74, 6) is 0.0185. The zero-order chi connectivity index (χ0) is 21.6. The number of carbonyl (C=O) groups excluding carboxylic acids is 2. The topological polar surface area (TPSA) is 61.4 Å². The number of unbranched alkanes of at least 4 members (excludes halogenated alkanes) is 6. The molecule has 0 spiro atoms. The Hall–Kier alpha value is -1.62. The Morgan fingerprint density at radius 1 is 0.690 bits per heavy atom. The van der Waals surface area contributed by atoms with Crippen molar-refractivity contribution in [2.45, 2.75) is 85.0 Å². The number of amides is 2.